The number of nitrogens with zero attached hydrogens (tertiary/aromatic N) is 1. The predicted molar refractivity (Wildman–Crippen MR) is 89.2 cm³/mol. The van der Waals surface area contributed by atoms with Gasteiger partial charge < -0.3 is 4.90 Å². The molecule has 0 N–H and O–H groups in total. The second-order valence-corrected chi connectivity index (χ2v) is 5.66. The highest BCUT2D eigenvalue weighted by atomic mass is 16.1. The average Bonchev–Trinajstić information content (AvgIpc) is 2.47. The molecule has 0 fully saturated rings. The van der Waals surface area contributed by atoms with Gasteiger partial charge in [-0.05, 0) is 43.5 Å². The van der Waals surface area contributed by atoms with E-state index in [1.54, 1.807) is 0 Å². The number of rotatable bonds is 6. The van der Waals surface area contributed by atoms with E-state index in [1.807, 2.05) is 30.3 Å². The number of aryl methyl sites for hydroxylation is 2. The van der Waals surface area contributed by atoms with Crippen LogP contribution in [0.5, 0.6) is 0 Å². The Morgan fingerprint density at radius 3 is 2.24 bits per heavy atom. The summed E-state index contributed by atoms with van der Waals surface area (Å²) in [7, 11) is 2.08. The van der Waals surface area contributed by atoms with E-state index in [0.717, 1.165) is 18.5 Å². The zero-order valence-corrected chi connectivity index (χ0v) is 13.1. The van der Waals surface area contributed by atoms with Gasteiger partial charge in [-0.25, -0.2) is 0 Å². The zero-order chi connectivity index (χ0) is 15.2. The van der Waals surface area contributed by atoms with Gasteiger partial charge in [0.05, 0.1) is 0 Å². The average molecular weight is 281 g/mol. The minimum Gasteiger partial charge on any atom is -0.375 e. The third-order valence-electron chi connectivity index (χ3n) is 3.64. The van der Waals surface area contributed by atoms with Crippen molar-refractivity contribution in [1.29, 1.82) is 0 Å². The molecule has 0 spiro atoms. The topological polar surface area (TPSA) is 20.3 Å². The fourth-order valence-electron chi connectivity index (χ4n) is 2.55. The van der Waals surface area contributed by atoms with Gasteiger partial charge >= 0.3 is 0 Å². The van der Waals surface area contributed by atoms with Crippen LogP contribution in [0.25, 0.3) is 0 Å². The first-order valence-electron chi connectivity index (χ1n) is 7.44. The number of Topliss-reactive ketones (excluding diaryl/α,β-unsaturated/α-hetero) is 1. The summed E-state index contributed by atoms with van der Waals surface area (Å²) < 4.78 is 0. The molecule has 0 atom stereocenters. The van der Waals surface area contributed by atoms with Crippen LogP contribution < -0.4 is 4.90 Å². The van der Waals surface area contributed by atoms with E-state index in [1.165, 1.54) is 16.8 Å². The highest BCUT2D eigenvalue weighted by Gasteiger charge is 2.07. The summed E-state index contributed by atoms with van der Waals surface area (Å²) in [6.45, 7) is 5.12. The second kappa shape index (κ2) is 7.07. The van der Waals surface area contributed by atoms with Gasteiger partial charge in [-0.3, -0.25) is 4.79 Å². The molecule has 0 aliphatic carbocycles. The van der Waals surface area contributed by atoms with Gasteiger partial charge in [0.15, 0.2) is 5.78 Å². The standard InChI is InChI=1S/C19H23NO/c1-15-12-16(2)14-18(13-15)20(3)11-7-10-19(21)17-8-5-4-6-9-17/h4-6,8-9,12-14H,7,10-11H2,1-3H3. The third-order valence-corrected chi connectivity index (χ3v) is 3.64. The van der Waals surface area contributed by atoms with E-state index in [4.69, 9.17) is 0 Å². The maximum atomic E-state index is 12.1. The fraction of sp³-hybridized carbons (Fsp3) is 0.316. The van der Waals surface area contributed by atoms with Crippen LogP contribution in [0.3, 0.4) is 0 Å². The Balaban J connectivity index is 1.87. The molecule has 0 unspecified atom stereocenters. The highest BCUT2D eigenvalue weighted by molar-refractivity contribution is 5.95. The first kappa shape index (κ1) is 15.3. The molecule has 0 amide bonds. The number of ketones is 1. The van der Waals surface area contributed by atoms with Crippen LogP contribution in [-0.4, -0.2) is 19.4 Å². The maximum absolute atomic E-state index is 12.1. The normalized spacial score (nSPS) is 10.4. The molecule has 2 nitrogen and oxygen atoms in total. The SMILES string of the molecule is Cc1cc(C)cc(N(C)CCCC(=O)c2ccccc2)c1. The van der Waals surface area contributed by atoms with E-state index in [2.05, 4.69) is 44.0 Å². The molecule has 0 saturated heterocycles. The van der Waals surface area contributed by atoms with Gasteiger partial charge in [0, 0.05) is 31.3 Å². The number of carbonyl (C=O) groups is 1. The lowest BCUT2D eigenvalue weighted by Crippen LogP contribution is -2.19. The number of carbonyl (C=O) groups excluding carboxylic acids is 1. The summed E-state index contributed by atoms with van der Waals surface area (Å²) in [5, 5.41) is 0. The monoisotopic (exact) mass is 281 g/mol. The summed E-state index contributed by atoms with van der Waals surface area (Å²) in [5.74, 6) is 0.226. The molecule has 0 radical (unpaired) electrons. The maximum Gasteiger partial charge on any atom is 0.162 e. The van der Waals surface area contributed by atoms with E-state index < -0.39 is 0 Å². The van der Waals surface area contributed by atoms with Crippen molar-refractivity contribution in [3.63, 3.8) is 0 Å². The van der Waals surface area contributed by atoms with Crippen LogP contribution in [0.15, 0.2) is 48.5 Å². The minimum atomic E-state index is 0.226. The minimum absolute atomic E-state index is 0.226. The molecule has 2 aromatic rings. The number of anilines is 1. The molecule has 0 saturated carbocycles. The van der Waals surface area contributed by atoms with E-state index in [9.17, 15) is 4.79 Å². The molecule has 2 rings (SSSR count). The third kappa shape index (κ3) is 4.45. The number of hydrogen-bond donors (Lipinski definition) is 0. The lowest BCUT2D eigenvalue weighted by molar-refractivity contribution is 0.0981. The fourth-order valence-corrected chi connectivity index (χ4v) is 2.55. The van der Waals surface area contributed by atoms with Crippen LogP contribution in [-0.2, 0) is 0 Å². The van der Waals surface area contributed by atoms with Crippen LogP contribution in [0.2, 0.25) is 0 Å². The zero-order valence-electron chi connectivity index (χ0n) is 13.1. The summed E-state index contributed by atoms with van der Waals surface area (Å²) in [4.78, 5) is 14.3. The summed E-state index contributed by atoms with van der Waals surface area (Å²) in [5.41, 5.74) is 4.58. The number of benzene rings is 2. The Hall–Kier alpha value is -2.09. The predicted octanol–water partition coefficient (Wildman–Crippen LogP) is 4.40. The smallest absolute Gasteiger partial charge is 0.162 e. The van der Waals surface area contributed by atoms with Gasteiger partial charge in [0.2, 0.25) is 0 Å². The van der Waals surface area contributed by atoms with Crippen molar-refractivity contribution in [2.45, 2.75) is 26.7 Å². The lowest BCUT2D eigenvalue weighted by atomic mass is 10.1. The molecular formula is C19H23NO. The molecule has 0 aliphatic heterocycles. The summed E-state index contributed by atoms with van der Waals surface area (Å²) in [6, 6.07) is 16.1. The largest absolute Gasteiger partial charge is 0.375 e. The summed E-state index contributed by atoms with van der Waals surface area (Å²) >= 11 is 0. The van der Waals surface area contributed by atoms with Crippen molar-refractivity contribution in [3.05, 3.63) is 65.2 Å². The summed E-state index contributed by atoms with van der Waals surface area (Å²) in [6.07, 6.45) is 1.47. The van der Waals surface area contributed by atoms with Crippen molar-refractivity contribution in [2.24, 2.45) is 0 Å². The van der Waals surface area contributed by atoms with Gasteiger partial charge in [-0.1, -0.05) is 36.4 Å². The molecule has 21 heavy (non-hydrogen) atoms. The number of hydrogen-bond acceptors (Lipinski definition) is 2. The van der Waals surface area contributed by atoms with Gasteiger partial charge in [0.25, 0.3) is 0 Å². The van der Waals surface area contributed by atoms with E-state index in [0.29, 0.717) is 6.42 Å². The van der Waals surface area contributed by atoms with Gasteiger partial charge in [-0.2, -0.15) is 0 Å². The highest BCUT2D eigenvalue weighted by Crippen LogP contribution is 2.18. The molecule has 0 aromatic heterocycles. The van der Waals surface area contributed by atoms with Crippen LogP contribution in [0.1, 0.15) is 34.3 Å². The van der Waals surface area contributed by atoms with Gasteiger partial charge in [-0.15, -0.1) is 0 Å². The molecule has 110 valence electrons. The molecule has 0 heterocycles. The van der Waals surface area contributed by atoms with Crippen molar-refractivity contribution in [3.8, 4) is 0 Å². The Kier molecular flexibility index (Phi) is 5.15. The van der Waals surface area contributed by atoms with Crippen LogP contribution >= 0.6 is 0 Å². The lowest BCUT2D eigenvalue weighted by Gasteiger charge is -2.20. The van der Waals surface area contributed by atoms with Crippen LogP contribution in [0.4, 0.5) is 5.69 Å². The van der Waals surface area contributed by atoms with Crippen LogP contribution in [0, 0.1) is 13.8 Å². The Bertz CT molecular complexity index is 584. The van der Waals surface area contributed by atoms with Crippen molar-refractivity contribution < 1.29 is 4.79 Å². The van der Waals surface area contributed by atoms with Crippen molar-refractivity contribution in [2.75, 3.05) is 18.5 Å². The quantitative estimate of drug-likeness (QED) is 0.731. The first-order valence-corrected chi connectivity index (χ1v) is 7.44. The Morgan fingerprint density at radius 1 is 1.00 bits per heavy atom. The van der Waals surface area contributed by atoms with Crippen molar-refractivity contribution in [1.82, 2.24) is 0 Å². The van der Waals surface area contributed by atoms with E-state index >= 15 is 0 Å². The van der Waals surface area contributed by atoms with Crippen molar-refractivity contribution >= 4 is 11.5 Å². The molecule has 2 aromatic carbocycles. The van der Waals surface area contributed by atoms with E-state index in [-0.39, 0.29) is 5.78 Å². The first-order chi connectivity index (χ1) is 10.1. The molecular weight excluding hydrogens is 258 g/mol. The Labute approximate surface area is 127 Å². The molecule has 2 heteroatoms. The molecule has 0 bridgehead atoms. The van der Waals surface area contributed by atoms with Gasteiger partial charge in [0.1, 0.15) is 0 Å². The second-order valence-electron chi connectivity index (χ2n) is 5.66. The molecule has 0 aliphatic rings. The Morgan fingerprint density at radius 2 is 1.62 bits per heavy atom.